The molecule has 0 spiro atoms. The van der Waals surface area contributed by atoms with E-state index in [4.69, 9.17) is 14.2 Å². The molecule has 0 aromatic heterocycles. The molecule has 108 valence electrons. The third kappa shape index (κ3) is 2.71. The molecule has 5 heteroatoms. The highest BCUT2D eigenvalue weighted by Gasteiger charge is 2.26. The van der Waals surface area contributed by atoms with Gasteiger partial charge in [-0.05, 0) is 18.4 Å². The minimum atomic E-state index is -0.600. The van der Waals surface area contributed by atoms with Crippen LogP contribution < -0.4 is 9.47 Å². The van der Waals surface area contributed by atoms with Crippen molar-refractivity contribution in [3.8, 4) is 17.2 Å². The Kier molecular flexibility index (Phi) is 3.61. The summed E-state index contributed by atoms with van der Waals surface area (Å²) in [6.07, 6.45) is 1.21. The van der Waals surface area contributed by atoms with Crippen LogP contribution in [0.25, 0.3) is 0 Å². The summed E-state index contributed by atoms with van der Waals surface area (Å²) in [4.78, 5) is 11.6. The van der Waals surface area contributed by atoms with Gasteiger partial charge in [0, 0.05) is 11.6 Å². The van der Waals surface area contributed by atoms with Crippen molar-refractivity contribution < 1.29 is 24.1 Å². The van der Waals surface area contributed by atoms with E-state index in [2.05, 4.69) is 0 Å². The lowest BCUT2D eigenvalue weighted by atomic mass is 9.86. The minimum Gasteiger partial charge on any atom is -0.508 e. The van der Waals surface area contributed by atoms with Crippen LogP contribution in [-0.2, 0) is 14.9 Å². The lowest BCUT2D eigenvalue weighted by Crippen LogP contribution is -2.17. The van der Waals surface area contributed by atoms with E-state index in [0.717, 1.165) is 5.56 Å². The first-order valence-corrected chi connectivity index (χ1v) is 6.42. The lowest BCUT2D eigenvalue weighted by molar-refractivity contribution is -0.141. The number of benzene rings is 1. The van der Waals surface area contributed by atoms with Crippen LogP contribution in [0.4, 0.5) is 0 Å². The monoisotopic (exact) mass is 278 g/mol. The first kappa shape index (κ1) is 14.2. The summed E-state index contributed by atoms with van der Waals surface area (Å²) >= 11 is 0. The van der Waals surface area contributed by atoms with Crippen LogP contribution in [0.15, 0.2) is 24.2 Å². The number of esters is 1. The Balaban J connectivity index is 2.31. The summed E-state index contributed by atoms with van der Waals surface area (Å²) in [5, 5.41) is 10.1. The molecule has 0 amide bonds. The van der Waals surface area contributed by atoms with Gasteiger partial charge in [0.25, 0.3) is 0 Å². The van der Waals surface area contributed by atoms with Crippen LogP contribution in [0.1, 0.15) is 33.3 Å². The molecule has 1 aliphatic heterocycles. The molecule has 2 rings (SSSR count). The molecule has 0 radical (unpaired) electrons. The van der Waals surface area contributed by atoms with Gasteiger partial charge in [-0.1, -0.05) is 20.8 Å². The topological polar surface area (TPSA) is 65.0 Å². The predicted octanol–water partition coefficient (Wildman–Crippen LogP) is 2.87. The van der Waals surface area contributed by atoms with E-state index in [1.807, 2.05) is 20.8 Å². The van der Waals surface area contributed by atoms with Crippen molar-refractivity contribution in [2.24, 2.45) is 0 Å². The molecule has 5 nitrogen and oxygen atoms in total. The molecule has 20 heavy (non-hydrogen) atoms. The van der Waals surface area contributed by atoms with E-state index in [1.165, 1.54) is 12.3 Å². The molecule has 0 atom stereocenters. The van der Waals surface area contributed by atoms with Crippen molar-refractivity contribution in [2.45, 2.75) is 33.1 Å². The molecular weight excluding hydrogens is 260 g/mol. The van der Waals surface area contributed by atoms with E-state index in [1.54, 1.807) is 13.0 Å². The van der Waals surface area contributed by atoms with Crippen molar-refractivity contribution >= 4 is 5.97 Å². The average molecular weight is 278 g/mol. The number of fused-ring (bicyclic) bond motifs is 1. The summed E-state index contributed by atoms with van der Waals surface area (Å²) in [6, 6.07) is 3.16. The van der Waals surface area contributed by atoms with E-state index >= 15 is 0 Å². The van der Waals surface area contributed by atoms with Crippen LogP contribution in [0.3, 0.4) is 0 Å². The molecule has 1 heterocycles. The van der Waals surface area contributed by atoms with Gasteiger partial charge in [-0.2, -0.15) is 0 Å². The van der Waals surface area contributed by atoms with E-state index < -0.39 is 5.97 Å². The van der Waals surface area contributed by atoms with E-state index in [0.29, 0.717) is 11.5 Å². The molecule has 0 fully saturated rings. The zero-order valence-electron chi connectivity index (χ0n) is 12.0. The Morgan fingerprint density at radius 1 is 1.30 bits per heavy atom. The first-order chi connectivity index (χ1) is 9.32. The summed E-state index contributed by atoms with van der Waals surface area (Å²) in [6.45, 7) is 7.91. The fraction of sp³-hybridized carbons (Fsp3) is 0.400. The van der Waals surface area contributed by atoms with Gasteiger partial charge in [0.1, 0.15) is 12.0 Å². The maximum Gasteiger partial charge on any atom is 0.377 e. The fourth-order valence-corrected chi connectivity index (χ4v) is 1.87. The van der Waals surface area contributed by atoms with Gasteiger partial charge in [-0.15, -0.1) is 0 Å². The smallest absolute Gasteiger partial charge is 0.377 e. The number of hydrogen-bond donors (Lipinski definition) is 1. The van der Waals surface area contributed by atoms with Crippen molar-refractivity contribution in [2.75, 3.05) is 6.61 Å². The normalized spacial score (nSPS) is 13.7. The van der Waals surface area contributed by atoms with Crippen LogP contribution in [-0.4, -0.2) is 17.7 Å². The van der Waals surface area contributed by atoms with Crippen LogP contribution in [0.2, 0.25) is 0 Å². The fourth-order valence-electron chi connectivity index (χ4n) is 1.87. The van der Waals surface area contributed by atoms with Crippen molar-refractivity contribution in [1.82, 2.24) is 0 Å². The van der Waals surface area contributed by atoms with Gasteiger partial charge in [-0.3, -0.25) is 0 Å². The second kappa shape index (κ2) is 5.07. The molecule has 0 unspecified atom stereocenters. The Hall–Kier alpha value is -2.17. The van der Waals surface area contributed by atoms with Gasteiger partial charge >= 0.3 is 5.97 Å². The first-order valence-electron chi connectivity index (χ1n) is 6.42. The van der Waals surface area contributed by atoms with Crippen molar-refractivity contribution in [3.05, 3.63) is 29.7 Å². The highest BCUT2D eigenvalue weighted by Crippen LogP contribution is 2.42. The number of phenolic OH excluding ortho intramolecular Hbond substituents is 1. The summed E-state index contributed by atoms with van der Waals surface area (Å²) < 4.78 is 15.6. The number of carbonyl (C=O) groups is 1. The van der Waals surface area contributed by atoms with Gasteiger partial charge in [-0.25, -0.2) is 4.79 Å². The Labute approximate surface area is 117 Å². The maximum atomic E-state index is 11.6. The Morgan fingerprint density at radius 3 is 2.60 bits per heavy atom. The zero-order chi connectivity index (χ0) is 14.9. The van der Waals surface area contributed by atoms with Gasteiger partial charge in [0.15, 0.2) is 11.5 Å². The molecule has 1 N–H and O–H groups in total. The van der Waals surface area contributed by atoms with E-state index in [-0.39, 0.29) is 23.5 Å². The number of hydrogen-bond acceptors (Lipinski definition) is 5. The SMILES string of the molecule is CCOC(=O)C1=COc2cc(C(C)(C)C)c(O)cc2O1. The van der Waals surface area contributed by atoms with Crippen molar-refractivity contribution in [3.63, 3.8) is 0 Å². The second-order valence-corrected chi connectivity index (χ2v) is 5.49. The third-order valence-electron chi connectivity index (χ3n) is 2.86. The number of rotatable bonds is 2. The lowest BCUT2D eigenvalue weighted by Gasteiger charge is -2.24. The maximum absolute atomic E-state index is 11.6. The zero-order valence-corrected chi connectivity index (χ0v) is 12.0. The highest BCUT2D eigenvalue weighted by atomic mass is 16.6. The third-order valence-corrected chi connectivity index (χ3v) is 2.86. The van der Waals surface area contributed by atoms with E-state index in [9.17, 15) is 9.90 Å². The summed E-state index contributed by atoms with van der Waals surface area (Å²) in [5.74, 6) is 0.214. The number of phenols is 1. The Morgan fingerprint density at radius 2 is 2.00 bits per heavy atom. The number of aromatic hydroxyl groups is 1. The summed E-state index contributed by atoms with van der Waals surface area (Å²) in [5.41, 5.74) is 0.515. The molecule has 1 aromatic rings. The minimum absolute atomic E-state index is 0.0396. The molecule has 0 aliphatic carbocycles. The summed E-state index contributed by atoms with van der Waals surface area (Å²) in [7, 11) is 0. The number of ether oxygens (including phenoxy) is 3. The molecule has 1 aromatic carbocycles. The van der Waals surface area contributed by atoms with Crippen LogP contribution in [0, 0.1) is 0 Å². The van der Waals surface area contributed by atoms with Gasteiger partial charge in [0.05, 0.1) is 6.61 Å². The second-order valence-electron chi connectivity index (χ2n) is 5.49. The molecule has 0 saturated heterocycles. The molecule has 1 aliphatic rings. The molecular formula is C15H18O5. The van der Waals surface area contributed by atoms with Gasteiger partial charge in [0.2, 0.25) is 5.76 Å². The number of carbonyl (C=O) groups excluding carboxylic acids is 1. The predicted molar refractivity (Wildman–Crippen MR) is 72.8 cm³/mol. The highest BCUT2D eigenvalue weighted by molar-refractivity contribution is 5.87. The molecule has 0 bridgehead atoms. The van der Waals surface area contributed by atoms with Gasteiger partial charge < -0.3 is 19.3 Å². The molecule has 0 saturated carbocycles. The quantitative estimate of drug-likeness (QED) is 0.843. The van der Waals surface area contributed by atoms with Crippen LogP contribution in [0.5, 0.6) is 17.2 Å². The Bertz CT molecular complexity index is 566. The average Bonchev–Trinajstić information content (AvgIpc) is 2.36. The largest absolute Gasteiger partial charge is 0.508 e. The van der Waals surface area contributed by atoms with Crippen molar-refractivity contribution in [1.29, 1.82) is 0 Å². The van der Waals surface area contributed by atoms with Crippen LogP contribution >= 0.6 is 0 Å². The standard InChI is InChI=1S/C15H18O5/c1-5-18-14(17)13-8-19-11-6-9(15(2,3)4)10(16)7-12(11)20-13/h6-8,16H,5H2,1-4H3.